The molecule has 0 unspecified atom stereocenters. The molecule has 0 bridgehead atoms. The van der Waals surface area contributed by atoms with Gasteiger partial charge in [0.15, 0.2) is 5.16 Å². The van der Waals surface area contributed by atoms with Crippen LogP contribution < -0.4 is 0 Å². The van der Waals surface area contributed by atoms with E-state index in [4.69, 9.17) is 11.6 Å². The van der Waals surface area contributed by atoms with Crippen LogP contribution >= 0.6 is 34.7 Å². The first-order chi connectivity index (χ1) is 8.79. The molecule has 0 N–H and O–H groups in total. The maximum Gasteiger partial charge on any atom is 0.190 e. The molecule has 0 aliphatic heterocycles. The topological polar surface area (TPSA) is 25.8 Å². The second-order valence-corrected chi connectivity index (χ2v) is 7.04. The number of fused-ring (bicyclic) bond motifs is 3. The minimum atomic E-state index is 0.651. The molecule has 5 heteroatoms. The van der Waals surface area contributed by atoms with Gasteiger partial charge in [-0.2, -0.15) is 0 Å². The summed E-state index contributed by atoms with van der Waals surface area (Å²) in [6.45, 7) is 2.20. The number of rotatable bonds is 4. The summed E-state index contributed by atoms with van der Waals surface area (Å²) in [5.74, 6) is 1.07. The number of halogens is 1. The second kappa shape index (κ2) is 5.35. The van der Waals surface area contributed by atoms with E-state index in [1.54, 1.807) is 23.1 Å². The van der Waals surface area contributed by atoms with Crippen LogP contribution in [0.4, 0.5) is 0 Å². The molecule has 3 rings (SSSR count). The molecule has 0 amide bonds. The fourth-order valence-electron chi connectivity index (χ4n) is 2.31. The Labute approximate surface area is 120 Å². The Morgan fingerprint density at radius 2 is 2.22 bits per heavy atom. The Morgan fingerprint density at radius 3 is 3.06 bits per heavy atom. The van der Waals surface area contributed by atoms with Crippen LogP contribution in [0.1, 0.15) is 36.6 Å². The zero-order valence-electron chi connectivity index (χ0n) is 10.3. The lowest BCUT2D eigenvalue weighted by Crippen LogP contribution is -1.90. The SMILES string of the molecule is CCCCSc1nc(Cl)c2c3c(sc2n1)CCC3. The van der Waals surface area contributed by atoms with Crippen molar-refractivity contribution in [1.29, 1.82) is 0 Å². The fraction of sp³-hybridized carbons (Fsp3) is 0.538. The Balaban J connectivity index is 1.96. The van der Waals surface area contributed by atoms with E-state index in [1.165, 1.54) is 36.1 Å². The molecule has 18 heavy (non-hydrogen) atoms. The standard InChI is InChI=1S/C13H15ClN2S2/c1-2-3-7-17-13-15-11(14)10-8-5-4-6-9(8)18-12(10)16-13/h2-7H2,1H3. The summed E-state index contributed by atoms with van der Waals surface area (Å²) in [6, 6.07) is 0. The van der Waals surface area contributed by atoms with E-state index in [-0.39, 0.29) is 0 Å². The van der Waals surface area contributed by atoms with Gasteiger partial charge < -0.3 is 0 Å². The second-order valence-electron chi connectivity index (χ2n) is 4.54. The number of thioether (sulfide) groups is 1. The molecule has 0 radical (unpaired) electrons. The lowest BCUT2D eigenvalue weighted by Gasteiger charge is -2.02. The zero-order chi connectivity index (χ0) is 12.5. The van der Waals surface area contributed by atoms with Crippen molar-refractivity contribution in [3.05, 3.63) is 15.6 Å². The average Bonchev–Trinajstić information content (AvgIpc) is 2.88. The van der Waals surface area contributed by atoms with Crippen molar-refractivity contribution < 1.29 is 0 Å². The molecule has 2 heterocycles. The van der Waals surface area contributed by atoms with Crippen LogP contribution in [0.25, 0.3) is 10.2 Å². The number of unbranched alkanes of at least 4 members (excludes halogenated alkanes) is 1. The van der Waals surface area contributed by atoms with Crippen LogP contribution in [0, 0.1) is 0 Å². The monoisotopic (exact) mass is 298 g/mol. The predicted molar refractivity (Wildman–Crippen MR) is 80.1 cm³/mol. The molecule has 0 saturated carbocycles. The number of aromatic nitrogens is 2. The number of thiophene rings is 1. The Morgan fingerprint density at radius 1 is 1.33 bits per heavy atom. The van der Waals surface area contributed by atoms with Gasteiger partial charge in [0.1, 0.15) is 9.98 Å². The van der Waals surface area contributed by atoms with Gasteiger partial charge in [-0.1, -0.05) is 36.7 Å². The summed E-state index contributed by atoms with van der Waals surface area (Å²) in [7, 11) is 0. The fourth-order valence-corrected chi connectivity index (χ4v) is 4.94. The van der Waals surface area contributed by atoms with E-state index < -0.39 is 0 Å². The van der Waals surface area contributed by atoms with Gasteiger partial charge in [-0.05, 0) is 31.2 Å². The first-order valence-electron chi connectivity index (χ1n) is 6.40. The van der Waals surface area contributed by atoms with Crippen molar-refractivity contribution in [2.45, 2.75) is 44.2 Å². The third-order valence-corrected chi connectivity index (χ3v) is 5.62. The summed E-state index contributed by atoms with van der Waals surface area (Å²) in [4.78, 5) is 11.7. The van der Waals surface area contributed by atoms with Gasteiger partial charge in [0.25, 0.3) is 0 Å². The summed E-state index contributed by atoms with van der Waals surface area (Å²) in [5, 5.41) is 2.60. The molecule has 2 aromatic rings. The highest BCUT2D eigenvalue weighted by Crippen LogP contribution is 2.39. The van der Waals surface area contributed by atoms with Crippen molar-refractivity contribution in [3.63, 3.8) is 0 Å². The summed E-state index contributed by atoms with van der Waals surface area (Å²) < 4.78 is 0. The van der Waals surface area contributed by atoms with Crippen molar-refractivity contribution in [2.75, 3.05) is 5.75 Å². The van der Waals surface area contributed by atoms with E-state index in [2.05, 4.69) is 16.9 Å². The lowest BCUT2D eigenvalue weighted by atomic mass is 10.2. The maximum absolute atomic E-state index is 6.34. The van der Waals surface area contributed by atoms with Crippen LogP contribution in [0.2, 0.25) is 5.15 Å². The number of hydrogen-bond acceptors (Lipinski definition) is 4. The molecule has 1 aliphatic carbocycles. The highest BCUT2D eigenvalue weighted by Gasteiger charge is 2.21. The Bertz CT molecular complexity index is 580. The van der Waals surface area contributed by atoms with Crippen LogP contribution in [0.3, 0.4) is 0 Å². The number of nitrogens with zero attached hydrogens (tertiary/aromatic N) is 2. The van der Waals surface area contributed by atoms with E-state index in [0.717, 1.165) is 27.5 Å². The normalized spacial score (nSPS) is 14.3. The number of aryl methyl sites for hydroxylation is 2. The minimum absolute atomic E-state index is 0.651. The molecule has 0 atom stereocenters. The van der Waals surface area contributed by atoms with Gasteiger partial charge in [0.05, 0.1) is 5.39 Å². The van der Waals surface area contributed by atoms with Crippen LogP contribution in [-0.4, -0.2) is 15.7 Å². The van der Waals surface area contributed by atoms with Gasteiger partial charge in [0, 0.05) is 10.6 Å². The summed E-state index contributed by atoms with van der Waals surface area (Å²) in [6.07, 6.45) is 5.98. The van der Waals surface area contributed by atoms with E-state index >= 15 is 0 Å². The minimum Gasteiger partial charge on any atom is -0.211 e. The van der Waals surface area contributed by atoms with E-state index in [9.17, 15) is 0 Å². The molecule has 96 valence electrons. The molecular formula is C13H15ClN2S2. The van der Waals surface area contributed by atoms with Gasteiger partial charge >= 0.3 is 0 Å². The Hall–Kier alpha value is -0.320. The van der Waals surface area contributed by atoms with Gasteiger partial charge in [-0.15, -0.1) is 11.3 Å². The largest absolute Gasteiger partial charge is 0.211 e. The van der Waals surface area contributed by atoms with E-state index in [1.807, 2.05) is 0 Å². The van der Waals surface area contributed by atoms with Crippen LogP contribution in [0.5, 0.6) is 0 Å². The van der Waals surface area contributed by atoms with Crippen LogP contribution in [-0.2, 0) is 12.8 Å². The predicted octanol–water partition coefficient (Wildman–Crippen LogP) is 4.73. The van der Waals surface area contributed by atoms with Gasteiger partial charge in [0.2, 0.25) is 0 Å². The Kier molecular flexibility index (Phi) is 3.78. The number of hydrogen-bond donors (Lipinski definition) is 0. The molecule has 0 saturated heterocycles. The van der Waals surface area contributed by atoms with E-state index in [0.29, 0.717) is 5.15 Å². The zero-order valence-corrected chi connectivity index (χ0v) is 12.7. The first kappa shape index (κ1) is 12.7. The molecule has 0 spiro atoms. The van der Waals surface area contributed by atoms with Crippen molar-refractivity contribution in [3.8, 4) is 0 Å². The molecule has 2 nitrogen and oxygen atoms in total. The highest BCUT2D eigenvalue weighted by atomic mass is 35.5. The molecular weight excluding hydrogens is 284 g/mol. The average molecular weight is 299 g/mol. The summed E-state index contributed by atoms with van der Waals surface area (Å²) >= 11 is 9.86. The molecule has 0 fully saturated rings. The first-order valence-corrected chi connectivity index (χ1v) is 8.58. The smallest absolute Gasteiger partial charge is 0.190 e. The third-order valence-electron chi connectivity index (χ3n) is 3.23. The molecule has 1 aliphatic rings. The summed E-state index contributed by atoms with van der Waals surface area (Å²) in [5.41, 5.74) is 1.41. The van der Waals surface area contributed by atoms with Gasteiger partial charge in [-0.25, -0.2) is 9.97 Å². The van der Waals surface area contributed by atoms with Gasteiger partial charge in [-0.3, -0.25) is 0 Å². The lowest BCUT2D eigenvalue weighted by molar-refractivity contribution is 0.890. The molecule has 2 aromatic heterocycles. The van der Waals surface area contributed by atoms with Crippen molar-refractivity contribution in [2.24, 2.45) is 0 Å². The highest BCUT2D eigenvalue weighted by molar-refractivity contribution is 7.99. The third kappa shape index (κ3) is 2.26. The van der Waals surface area contributed by atoms with Crippen molar-refractivity contribution in [1.82, 2.24) is 9.97 Å². The quantitative estimate of drug-likeness (QED) is 0.353. The van der Waals surface area contributed by atoms with Crippen molar-refractivity contribution >= 4 is 44.9 Å². The molecule has 0 aromatic carbocycles. The van der Waals surface area contributed by atoms with Crippen LogP contribution in [0.15, 0.2) is 5.16 Å². The maximum atomic E-state index is 6.34.